The first-order valence-electron chi connectivity index (χ1n) is 12.4. The van der Waals surface area contributed by atoms with Gasteiger partial charge in [-0.2, -0.15) is 0 Å². The summed E-state index contributed by atoms with van der Waals surface area (Å²) in [7, 11) is 0. The van der Waals surface area contributed by atoms with E-state index in [1.54, 1.807) is 4.90 Å². The first-order valence-corrected chi connectivity index (χ1v) is 13.2. The highest BCUT2D eigenvalue weighted by molar-refractivity contribution is 8.16. The lowest BCUT2D eigenvalue weighted by atomic mass is 10.2. The van der Waals surface area contributed by atoms with Gasteiger partial charge in [0.15, 0.2) is 5.17 Å². The molecule has 0 aromatic heterocycles. The van der Waals surface area contributed by atoms with Gasteiger partial charge in [0.1, 0.15) is 11.0 Å². The molecule has 7 heteroatoms. The van der Waals surface area contributed by atoms with Crippen molar-refractivity contribution in [1.82, 2.24) is 0 Å². The number of unbranched alkanes of at least 4 members (excludes halogenated alkanes) is 3. The van der Waals surface area contributed by atoms with Crippen molar-refractivity contribution in [3.8, 4) is 5.75 Å². The number of thioether (sulfide) groups is 1. The molecule has 1 saturated heterocycles. The second-order valence-electron chi connectivity index (χ2n) is 8.53. The van der Waals surface area contributed by atoms with E-state index in [1.165, 1.54) is 31.0 Å². The maximum absolute atomic E-state index is 13.3. The molecule has 0 unspecified atom stereocenters. The molecular formula is C29H31N3O3S. The number of hydrogen-bond acceptors (Lipinski definition) is 5. The van der Waals surface area contributed by atoms with Crippen molar-refractivity contribution in [2.45, 2.75) is 44.3 Å². The number of nitrogens with zero attached hydrogens (tertiary/aromatic N) is 2. The van der Waals surface area contributed by atoms with Crippen LogP contribution in [0.5, 0.6) is 5.75 Å². The van der Waals surface area contributed by atoms with Gasteiger partial charge in [0.05, 0.1) is 18.0 Å². The van der Waals surface area contributed by atoms with E-state index in [1.807, 2.05) is 84.9 Å². The van der Waals surface area contributed by atoms with Crippen LogP contribution in [0.1, 0.15) is 39.0 Å². The summed E-state index contributed by atoms with van der Waals surface area (Å²) in [6, 6.07) is 26.3. The minimum atomic E-state index is -0.557. The molecule has 1 fully saturated rings. The summed E-state index contributed by atoms with van der Waals surface area (Å²) < 4.78 is 5.77. The Hall–Kier alpha value is -3.58. The first kappa shape index (κ1) is 25.5. The van der Waals surface area contributed by atoms with Crippen LogP contribution < -0.4 is 15.0 Å². The highest BCUT2D eigenvalue weighted by atomic mass is 32.2. The largest absolute Gasteiger partial charge is 0.494 e. The first-order chi connectivity index (χ1) is 17.6. The number of para-hydroxylation sites is 2. The van der Waals surface area contributed by atoms with Gasteiger partial charge in [0, 0.05) is 12.1 Å². The molecule has 0 spiro atoms. The van der Waals surface area contributed by atoms with E-state index in [9.17, 15) is 9.59 Å². The van der Waals surface area contributed by atoms with E-state index in [-0.39, 0.29) is 18.2 Å². The third-order valence-electron chi connectivity index (χ3n) is 5.71. The molecule has 1 atom stereocenters. The number of anilines is 2. The van der Waals surface area contributed by atoms with E-state index in [2.05, 4.69) is 12.2 Å². The Bertz CT molecular complexity index is 1170. The Morgan fingerprint density at radius 3 is 2.33 bits per heavy atom. The van der Waals surface area contributed by atoms with E-state index in [0.29, 0.717) is 17.5 Å². The average Bonchev–Trinajstić information content (AvgIpc) is 3.20. The summed E-state index contributed by atoms with van der Waals surface area (Å²) in [6.07, 6.45) is 4.68. The zero-order chi connectivity index (χ0) is 25.2. The van der Waals surface area contributed by atoms with Gasteiger partial charge in [0.2, 0.25) is 11.8 Å². The Balaban J connectivity index is 1.38. The topological polar surface area (TPSA) is 71.0 Å². The molecule has 1 aliphatic rings. The number of aliphatic imine (C=N–C) groups is 1. The Labute approximate surface area is 216 Å². The minimum absolute atomic E-state index is 0.0519. The number of nitrogens with one attached hydrogen (secondary N) is 1. The molecule has 0 bridgehead atoms. The maximum Gasteiger partial charge on any atom is 0.247 e. The van der Waals surface area contributed by atoms with Gasteiger partial charge >= 0.3 is 0 Å². The number of ether oxygens (including phenoxy) is 1. The quantitative estimate of drug-likeness (QED) is 0.293. The predicted octanol–water partition coefficient (Wildman–Crippen LogP) is 6.81. The standard InChI is InChI=1S/C29H31N3O3S/c1-2-3-4-11-20-35-25-18-16-23(17-19-25)30-27(33)21-26-28(34)32(24-14-9-6-10-15-24)29(36-26)31-22-12-7-5-8-13-22/h5-10,12-19,26H,2-4,11,20-21H2,1H3,(H,30,33)/t26-/m1/s1. The summed E-state index contributed by atoms with van der Waals surface area (Å²) in [6.45, 7) is 2.88. The summed E-state index contributed by atoms with van der Waals surface area (Å²) in [5.74, 6) is 0.414. The molecular weight excluding hydrogens is 470 g/mol. The number of carbonyl (C=O) groups is 2. The van der Waals surface area contributed by atoms with Crippen LogP contribution in [0.25, 0.3) is 0 Å². The van der Waals surface area contributed by atoms with Crippen LogP contribution in [-0.4, -0.2) is 28.8 Å². The third kappa shape index (κ3) is 6.98. The molecule has 0 saturated carbocycles. The molecule has 0 radical (unpaired) electrons. The molecule has 1 aliphatic heterocycles. The normalized spacial score (nSPS) is 16.4. The highest BCUT2D eigenvalue weighted by Gasteiger charge is 2.40. The van der Waals surface area contributed by atoms with E-state index >= 15 is 0 Å². The van der Waals surface area contributed by atoms with Crippen LogP contribution >= 0.6 is 11.8 Å². The van der Waals surface area contributed by atoms with Gasteiger partial charge in [-0.05, 0) is 55.0 Å². The lowest BCUT2D eigenvalue weighted by Gasteiger charge is -2.16. The van der Waals surface area contributed by atoms with E-state index in [0.717, 1.165) is 23.5 Å². The van der Waals surface area contributed by atoms with Crippen molar-refractivity contribution < 1.29 is 14.3 Å². The smallest absolute Gasteiger partial charge is 0.247 e. The number of benzene rings is 3. The Kier molecular flexibility index (Phi) is 9.16. The SMILES string of the molecule is CCCCCCOc1ccc(NC(=O)C[C@H]2SC(=Nc3ccccc3)N(c3ccccc3)C2=O)cc1. The number of hydrogen-bond donors (Lipinski definition) is 1. The third-order valence-corrected chi connectivity index (χ3v) is 6.84. The number of amides is 2. The zero-order valence-electron chi connectivity index (χ0n) is 20.4. The summed E-state index contributed by atoms with van der Waals surface area (Å²) in [5.41, 5.74) is 2.16. The highest BCUT2D eigenvalue weighted by Crippen LogP contribution is 2.35. The number of rotatable bonds is 11. The predicted molar refractivity (Wildman–Crippen MR) is 148 cm³/mol. The number of carbonyl (C=O) groups excluding carboxylic acids is 2. The zero-order valence-corrected chi connectivity index (χ0v) is 21.2. The fourth-order valence-corrected chi connectivity index (χ4v) is 4.99. The Morgan fingerprint density at radius 1 is 0.944 bits per heavy atom. The molecule has 0 aliphatic carbocycles. The van der Waals surface area contributed by atoms with Crippen molar-refractivity contribution in [1.29, 1.82) is 0 Å². The van der Waals surface area contributed by atoms with Gasteiger partial charge < -0.3 is 10.1 Å². The van der Waals surface area contributed by atoms with E-state index < -0.39 is 5.25 Å². The molecule has 2 amide bonds. The summed E-state index contributed by atoms with van der Waals surface area (Å²) >= 11 is 1.32. The summed E-state index contributed by atoms with van der Waals surface area (Å²) in [4.78, 5) is 32.4. The van der Waals surface area contributed by atoms with E-state index in [4.69, 9.17) is 9.73 Å². The molecule has 36 heavy (non-hydrogen) atoms. The van der Waals surface area contributed by atoms with Crippen LogP contribution in [0.15, 0.2) is 89.9 Å². The van der Waals surface area contributed by atoms with Crippen LogP contribution in [0.2, 0.25) is 0 Å². The molecule has 186 valence electrons. The molecule has 3 aromatic carbocycles. The van der Waals surface area contributed by atoms with Crippen molar-refractivity contribution in [2.75, 3.05) is 16.8 Å². The van der Waals surface area contributed by atoms with Crippen molar-refractivity contribution in [3.05, 3.63) is 84.9 Å². The molecule has 1 N–H and O–H groups in total. The van der Waals surface area contributed by atoms with Gasteiger partial charge in [0.25, 0.3) is 0 Å². The maximum atomic E-state index is 13.3. The van der Waals surface area contributed by atoms with Gasteiger partial charge in [-0.15, -0.1) is 0 Å². The van der Waals surface area contributed by atoms with Crippen molar-refractivity contribution in [3.63, 3.8) is 0 Å². The minimum Gasteiger partial charge on any atom is -0.494 e. The number of amidine groups is 1. The van der Waals surface area contributed by atoms with Crippen LogP contribution in [0, 0.1) is 0 Å². The van der Waals surface area contributed by atoms with Crippen LogP contribution in [0.3, 0.4) is 0 Å². The van der Waals surface area contributed by atoms with Crippen molar-refractivity contribution >= 4 is 45.8 Å². The fourth-order valence-electron chi connectivity index (χ4n) is 3.84. The van der Waals surface area contributed by atoms with Crippen LogP contribution in [-0.2, 0) is 9.59 Å². The van der Waals surface area contributed by atoms with Gasteiger partial charge in [-0.1, -0.05) is 74.3 Å². The summed E-state index contributed by atoms with van der Waals surface area (Å²) in [5, 5.41) is 2.91. The second-order valence-corrected chi connectivity index (χ2v) is 9.70. The van der Waals surface area contributed by atoms with Gasteiger partial charge in [-0.25, -0.2) is 4.99 Å². The van der Waals surface area contributed by atoms with Crippen LogP contribution in [0.4, 0.5) is 17.1 Å². The monoisotopic (exact) mass is 501 g/mol. The van der Waals surface area contributed by atoms with Gasteiger partial charge in [-0.3, -0.25) is 14.5 Å². The molecule has 6 nitrogen and oxygen atoms in total. The van der Waals surface area contributed by atoms with Crippen molar-refractivity contribution in [2.24, 2.45) is 4.99 Å². The average molecular weight is 502 g/mol. The fraction of sp³-hybridized carbons (Fsp3) is 0.276. The molecule has 3 aromatic rings. The Morgan fingerprint density at radius 2 is 1.64 bits per heavy atom. The lowest BCUT2D eigenvalue weighted by molar-refractivity contribution is -0.121. The lowest BCUT2D eigenvalue weighted by Crippen LogP contribution is -2.33. The molecule has 1 heterocycles. The molecule has 4 rings (SSSR count). The second kappa shape index (κ2) is 12.9.